The van der Waals surface area contributed by atoms with E-state index in [2.05, 4.69) is 11.1 Å². The monoisotopic (exact) mass is 284 g/mol. The third-order valence-corrected chi connectivity index (χ3v) is 3.44. The molecule has 2 aromatic rings. The maximum Gasteiger partial charge on any atom is 0.339 e. The van der Waals surface area contributed by atoms with Crippen molar-refractivity contribution in [1.82, 2.24) is 4.98 Å². The van der Waals surface area contributed by atoms with Crippen LogP contribution >= 0.6 is 0 Å². The van der Waals surface area contributed by atoms with Crippen LogP contribution in [0.1, 0.15) is 34.2 Å². The van der Waals surface area contributed by atoms with E-state index in [9.17, 15) is 9.90 Å². The zero-order valence-electron chi connectivity index (χ0n) is 12.8. The van der Waals surface area contributed by atoms with Crippen molar-refractivity contribution in [2.45, 2.75) is 27.7 Å². The Hall–Kier alpha value is -2.36. The van der Waals surface area contributed by atoms with E-state index in [0.29, 0.717) is 17.9 Å². The SMILES string of the molecule is CCN(c1cccc(C)c1)c1cc(C)nc(C)c1C(=O)O. The van der Waals surface area contributed by atoms with Crippen molar-refractivity contribution in [2.75, 3.05) is 11.4 Å². The van der Waals surface area contributed by atoms with Crippen molar-refractivity contribution >= 4 is 17.3 Å². The predicted molar refractivity (Wildman–Crippen MR) is 84.5 cm³/mol. The van der Waals surface area contributed by atoms with Gasteiger partial charge in [0, 0.05) is 17.9 Å². The summed E-state index contributed by atoms with van der Waals surface area (Å²) in [5.74, 6) is -0.943. The second-order valence-corrected chi connectivity index (χ2v) is 5.13. The van der Waals surface area contributed by atoms with Gasteiger partial charge in [-0.2, -0.15) is 0 Å². The first-order valence-corrected chi connectivity index (χ1v) is 6.99. The molecule has 1 aromatic heterocycles. The second kappa shape index (κ2) is 5.95. The third kappa shape index (κ3) is 3.05. The minimum absolute atomic E-state index is 0.268. The van der Waals surface area contributed by atoms with Gasteiger partial charge in [0.2, 0.25) is 0 Å². The van der Waals surface area contributed by atoms with Crippen LogP contribution in [0.2, 0.25) is 0 Å². The number of aryl methyl sites for hydroxylation is 3. The molecule has 1 aromatic carbocycles. The summed E-state index contributed by atoms with van der Waals surface area (Å²) in [5, 5.41) is 9.52. The molecule has 1 heterocycles. The highest BCUT2D eigenvalue weighted by atomic mass is 16.4. The number of carboxylic acid groups (broad SMARTS) is 1. The fourth-order valence-corrected chi connectivity index (χ4v) is 2.57. The predicted octanol–water partition coefficient (Wildman–Crippen LogP) is 3.86. The highest BCUT2D eigenvalue weighted by molar-refractivity contribution is 5.96. The van der Waals surface area contributed by atoms with Gasteiger partial charge in [-0.05, 0) is 51.5 Å². The van der Waals surface area contributed by atoms with Crippen molar-refractivity contribution in [3.63, 3.8) is 0 Å². The molecule has 0 spiro atoms. The number of carbonyl (C=O) groups is 1. The van der Waals surface area contributed by atoms with Crippen LogP contribution in [0.5, 0.6) is 0 Å². The van der Waals surface area contributed by atoms with Crippen molar-refractivity contribution in [3.8, 4) is 0 Å². The molecule has 0 bridgehead atoms. The van der Waals surface area contributed by atoms with Crippen LogP contribution in [-0.4, -0.2) is 22.6 Å². The Morgan fingerprint density at radius 3 is 2.52 bits per heavy atom. The van der Waals surface area contributed by atoms with Crippen LogP contribution < -0.4 is 4.90 Å². The van der Waals surface area contributed by atoms with E-state index in [-0.39, 0.29) is 5.56 Å². The molecule has 0 amide bonds. The molecule has 0 unspecified atom stereocenters. The van der Waals surface area contributed by atoms with E-state index in [4.69, 9.17) is 0 Å². The lowest BCUT2D eigenvalue weighted by molar-refractivity contribution is 0.0696. The van der Waals surface area contributed by atoms with Gasteiger partial charge >= 0.3 is 5.97 Å². The number of rotatable bonds is 4. The summed E-state index contributed by atoms with van der Waals surface area (Å²) in [4.78, 5) is 17.9. The molecule has 0 saturated heterocycles. The first-order chi connectivity index (χ1) is 9.93. The molecule has 0 aliphatic heterocycles. The molecule has 4 heteroatoms. The molecule has 4 nitrogen and oxygen atoms in total. The second-order valence-electron chi connectivity index (χ2n) is 5.13. The first-order valence-electron chi connectivity index (χ1n) is 6.99. The fraction of sp³-hybridized carbons (Fsp3) is 0.294. The zero-order chi connectivity index (χ0) is 15.6. The largest absolute Gasteiger partial charge is 0.478 e. The number of hydrogen-bond acceptors (Lipinski definition) is 3. The van der Waals surface area contributed by atoms with Crippen LogP contribution in [0.15, 0.2) is 30.3 Å². The van der Waals surface area contributed by atoms with Crippen molar-refractivity contribution in [2.24, 2.45) is 0 Å². The van der Waals surface area contributed by atoms with Gasteiger partial charge in [-0.25, -0.2) is 4.79 Å². The smallest absolute Gasteiger partial charge is 0.339 e. The summed E-state index contributed by atoms with van der Waals surface area (Å²) in [6.45, 7) is 8.35. The maximum atomic E-state index is 11.6. The Labute approximate surface area is 125 Å². The van der Waals surface area contributed by atoms with E-state index >= 15 is 0 Å². The number of aromatic carboxylic acids is 1. The van der Waals surface area contributed by atoms with Gasteiger partial charge in [-0.15, -0.1) is 0 Å². The average molecular weight is 284 g/mol. The summed E-state index contributed by atoms with van der Waals surface area (Å²) in [5.41, 5.74) is 4.46. The fourth-order valence-electron chi connectivity index (χ4n) is 2.57. The third-order valence-electron chi connectivity index (χ3n) is 3.44. The van der Waals surface area contributed by atoms with Crippen LogP contribution in [0.3, 0.4) is 0 Å². The number of hydrogen-bond donors (Lipinski definition) is 1. The molecule has 0 fully saturated rings. The van der Waals surface area contributed by atoms with Crippen LogP contribution in [0, 0.1) is 20.8 Å². The van der Waals surface area contributed by atoms with E-state index in [0.717, 1.165) is 16.9 Å². The quantitative estimate of drug-likeness (QED) is 0.926. The van der Waals surface area contributed by atoms with Crippen LogP contribution in [-0.2, 0) is 0 Å². The average Bonchev–Trinajstić information content (AvgIpc) is 2.38. The molecular weight excluding hydrogens is 264 g/mol. The van der Waals surface area contributed by atoms with Gasteiger partial charge < -0.3 is 10.0 Å². The molecular formula is C17H20N2O2. The van der Waals surface area contributed by atoms with E-state index < -0.39 is 5.97 Å². The lowest BCUT2D eigenvalue weighted by Gasteiger charge is -2.26. The summed E-state index contributed by atoms with van der Waals surface area (Å²) >= 11 is 0. The number of carboxylic acids is 1. The number of aromatic nitrogens is 1. The number of benzene rings is 1. The van der Waals surface area contributed by atoms with Crippen LogP contribution in [0.25, 0.3) is 0 Å². The number of nitrogens with zero attached hydrogens (tertiary/aromatic N) is 2. The Bertz CT molecular complexity index is 680. The molecule has 0 aliphatic rings. The van der Waals surface area contributed by atoms with Gasteiger partial charge in [0.05, 0.1) is 11.4 Å². The first kappa shape index (κ1) is 15.0. The Kier molecular flexibility index (Phi) is 4.26. The Morgan fingerprint density at radius 1 is 1.24 bits per heavy atom. The summed E-state index contributed by atoms with van der Waals surface area (Å²) < 4.78 is 0. The molecule has 0 atom stereocenters. The van der Waals surface area contributed by atoms with Gasteiger partial charge in [-0.1, -0.05) is 12.1 Å². The highest BCUT2D eigenvalue weighted by Gasteiger charge is 2.20. The van der Waals surface area contributed by atoms with Gasteiger partial charge in [0.1, 0.15) is 5.56 Å². The molecule has 0 saturated carbocycles. The van der Waals surface area contributed by atoms with Crippen molar-refractivity contribution in [1.29, 1.82) is 0 Å². The highest BCUT2D eigenvalue weighted by Crippen LogP contribution is 2.31. The maximum absolute atomic E-state index is 11.6. The lowest BCUT2D eigenvalue weighted by Crippen LogP contribution is -2.21. The van der Waals surface area contributed by atoms with Gasteiger partial charge in [0.15, 0.2) is 0 Å². The molecule has 110 valence electrons. The lowest BCUT2D eigenvalue weighted by atomic mass is 10.1. The molecule has 2 rings (SSSR count). The minimum atomic E-state index is -0.943. The molecule has 0 radical (unpaired) electrons. The molecule has 21 heavy (non-hydrogen) atoms. The number of anilines is 2. The van der Waals surface area contributed by atoms with Gasteiger partial charge in [0.25, 0.3) is 0 Å². The Morgan fingerprint density at radius 2 is 1.95 bits per heavy atom. The van der Waals surface area contributed by atoms with Gasteiger partial charge in [-0.3, -0.25) is 4.98 Å². The standard InChI is InChI=1S/C17H20N2O2/c1-5-19(14-8-6-7-11(2)9-14)15-10-12(3)18-13(4)16(15)17(20)21/h6-10H,5H2,1-4H3,(H,20,21). The molecule has 0 aliphatic carbocycles. The Balaban J connectivity index is 2.65. The summed E-state index contributed by atoms with van der Waals surface area (Å²) in [6, 6.07) is 9.89. The minimum Gasteiger partial charge on any atom is -0.478 e. The molecule has 1 N–H and O–H groups in total. The summed E-state index contributed by atoms with van der Waals surface area (Å²) in [6.07, 6.45) is 0. The van der Waals surface area contributed by atoms with E-state index in [1.807, 2.05) is 49.9 Å². The van der Waals surface area contributed by atoms with Crippen molar-refractivity contribution in [3.05, 3.63) is 52.8 Å². The van der Waals surface area contributed by atoms with E-state index in [1.54, 1.807) is 6.92 Å². The normalized spacial score (nSPS) is 10.5. The van der Waals surface area contributed by atoms with Crippen LogP contribution in [0.4, 0.5) is 11.4 Å². The van der Waals surface area contributed by atoms with Crippen molar-refractivity contribution < 1.29 is 9.90 Å². The topological polar surface area (TPSA) is 53.4 Å². The van der Waals surface area contributed by atoms with E-state index in [1.165, 1.54) is 0 Å². The zero-order valence-corrected chi connectivity index (χ0v) is 12.8. The summed E-state index contributed by atoms with van der Waals surface area (Å²) in [7, 11) is 0. The number of pyridine rings is 1.